The van der Waals surface area contributed by atoms with Crippen LogP contribution < -0.4 is 0 Å². The number of hydrogen-bond acceptors (Lipinski definition) is 0. The first-order chi connectivity index (χ1) is 5.38. The van der Waals surface area contributed by atoms with Gasteiger partial charge in [0.25, 0.3) is 0 Å². The number of fused-ring (bicyclic) bond motifs is 1. The molecule has 0 saturated heterocycles. The molecule has 0 fully saturated rings. The van der Waals surface area contributed by atoms with E-state index in [0.717, 1.165) is 0 Å². The van der Waals surface area contributed by atoms with E-state index in [4.69, 9.17) is 0 Å². The van der Waals surface area contributed by atoms with E-state index in [9.17, 15) is 0 Å². The molecule has 13 heavy (non-hydrogen) atoms. The first-order valence-corrected chi connectivity index (χ1v) is 3.82. The number of halogens is 1. The van der Waals surface area contributed by atoms with Crippen molar-refractivity contribution in [2.75, 3.05) is 0 Å². The Morgan fingerprint density at radius 1 is 0.846 bits per heavy atom. The van der Waals surface area contributed by atoms with E-state index in [2.05, 4.69) is 49.4 Å². The highest BCUT2D eigenvalue weighted by atomic mass is 127. The van der Waals surface area contributed by atoms with Gasteiger partial charge in [0.05, 0.1) is 0 Å². The summed E-state index contributed by atoms with van der Waals surface area (Å²) in [6, 6.07) is 14.8. The molecule has 0 aliphatic heterocycles. The summed E-state index contributed by atoms with van der Waals surface area (Å²) in [6.07, 6.45) is 0. The molecule has 3 radical (unpaired) electrons. The Balaban J connectivity index is 0.000000720. The largest absolute Gasteiger partial charge is 0.107 e. The smallest absolute Gasteiger partial charge is 0 e. The van der Waals surface area contributed by atoms with E-state index in [1.54, 1.807) is 0 Å². The molecular formula is C11H11BI. The molecule has 0 aromatic heterocycles. The van der Waals surface area contributed by atoms with Crippen LogP contribution in [0.3, 0.4) is 0 Å². The van der Waals surface area contributed by atoms with E-state index < -0.39 is 0 Å². The zero-order valence-corrected chi connectivity index (χ0v) is 9.86. The van der Waals surface area contributed by atoms with E-state index >= 15 is 0 Å². The second-order valence-electron chi connectivity index (χ2n) is 2.80. The summed E-state index contributed by atoms with van der Waals surface area (Å²) in [6.45, 7) is 2.14. The second-order valence-corrected chi connectivity index (χ2v) is 2.80. The summed E-state index contributed by atoms with van der Waals surface area (Å²) in [5.74, 6) is 0. The molecule has 2 aromatic rings. The van der Waals surface area contributed by atoms with Gasteiger partial charge in [0.15, 0.2) is 0 Å². The molecule has 2 rings (SSSR count). The average molecular weight is 281 g/mol. The van der Waals surface area contributed by atoms with Crippen LogP contribution >= 0.6 is 24.0 Å². The van der Waals surface area contributed by atoms with Crippen molar-refractivity contribution >= 4 is 43.2 Å². The molecule has 2 aromatic carbocycles. The van der Waals surface area contributed by atoms with Gasteiger partial charge >= 0.3 is 0 Å². The monoisotopic (exact) mass is 281 g/mol. The Kier molecular flexibility index (Phi) is 5.07. The van der Waals surface area contributed by atoms with Crippen molar-refractivity contribution < 1.29 is 0 Å². The standard InChI is InChI=1S/C11H10.B.HI/c1-9-5-4-7-10-6-2-3-8-11(9)10;;/h2-8H,1H3;;1H. The SMILES string of the molecule is Cc1cccc2ccccc12.I.[B]. The number of benzene rings is 2. The molecule has 0 spiro atoms. The second kappa shape index (κ2) is 5.27. The Hall–Kier alpha value is -0.505. The lowest BCUT2D eigenvalue weighted by Gasteiger charge is -1.98. The zero-order valence-electron chi connectivity index (χ0n) is 7.53. The zero-order chi connectivity index (χ0) is 7.68. The van der Waals surface area contributed by atoms with Crippen molar-refractivity contribution in [3.63, 3.8) is 0 Å². The van der Waals surface area contributed by atoms with Crippen molar-refractivity contribution in [3.8, 4) is 0 Å². The predicted octanol–water partition coefficient (Wildman–Crippen LogP) is 3.39. The molecule has 0 atom stereocenters. The molecule has 65 valence electrons. The Labute approximate surface area is 97.9 Å². The lowest BCUT2D eigenvalue weighted by atomic mass is 10.1. The summed E-state index contributed by atoms with van der Waals surface area (Å²) in [4.78, 5) is 0. The topological polar surface area (TPSA) is 0 Å². The summed E-state index contributed by atoms with van der Waals surface area (Å²) < 4.78 is 0. The third kappa shape index (κ3) is 2.47. The van der Waals surface area contributed by atoms with Crippen molar-refractivity contribution in [2.45, 2.75) is 6.92 Å². The van der Waals surface area contributed by atoms with Gasteiger partial charge in [-0.25, -0.2) is 0 Å². The number of hydrogen-bond donors (Lipinski definition) is 0. The van der Waals surface area contributed by atoms with Crippen molar-refractivity contribution in [2.24, 2.45) is 0 Å². The molecule has 0 amide bonds. The van der Waals surface area contributed by atoms with Gasteiger partial charge in [-0.3, -0.25) is 0 Å². The first kappa shape index (κ1) is 12.5. The maximum Gasteiger partial charge on any atom is 0 e. The fraction of sp³-hybridized carbons (Fsp3) is 0.0909. The van der Waals surface area contributed by atoms with E-state index in [0.29, 0.717) is 0 Å². The highest BCUT2D eigenvalue weighted by molar-refractivity contribution is 14.0. The molecule has 0 heterocycles. The summed E-state index contributed by atoms with van der Waals surface area (Å²) in [5.41, 5.74) is 1.35. The maximum absolute atomic E-state index is 2.16. The van der Waals surface area contributed by atoms with Gasteiger partial charge in [-0.15, -0.1) is 24.0 Å². The quantitative estimate of drug-likeness (QED) is 0.513. The van der Waals surface area contributed by atoms with Crippen LogP contribution in [0.15, 0.2) is 42.5 Å². The molecular weight excluding hydrogens is 270 g/mol. The lowest BCUT2D eigenvalue weighted by Crippen LogP contribution is -1.75. The van der Waals surface area contributed by atoms with Gasteiger partial charge in [-0.2, -0.15) is 0 Å². The molecule has 0 nitrogen and oxygen atoms in total. The van der Waals surface area contributed by atoms with Crippen molar-refractivity contribution in [1.29, 1.82) is 0 Å². The highest BCUT2D eigenvalue weighted by Gasteiger charge is 1.91. The fourth-order valence-corrected chi connectivity index (χ4v) is 1.39. The third-order valence-electron chi connectivity index (χ3n) is 2.01. The van der Waals surface area contributed by atoms with E-state index in [1.165, 1.54) is 16.3 Å². The molecule has 0 saturated carbocycles. The number of rotatable bonds is 0. The van der Waals surface area contributed by atoms with Gasteiger partial charge in [-0.1, -0.05) is 42.5 Å². The molecule has 0 aliphatic rings. The Morgan fingerprint density at radius 3 is 2.15 bits per heavy atom. The molecule has 0 aliphatic carbocycles. The van der Waals surface area contributed by atoms with Crippen LogP contribution in [0.2, 0.25) is 0 Å². The molecule has 0 bridgehead atoms. The molecule has 0 N–H and O–H groups in total. The summed E-state index contributed by atoms with van der Waals surface area (Å²) >= 11 is 0. The Morgan fingerprint density at radius 2 is 1.46 bits per heavy atom. The van der Waals surface area contributed by atoms with Gasteiger partial charge in [0.2, 0.25) is 0 Å². The van der Waals surface area contributed by atoms with Crippen LogP contribution in [0.1, 0.15) is 5.56 Å². The van der Waals surface area contributed by atoms with Crippen molar-refractivity contribution in [1.82, 2.24) is 0 Å². The normalized spacial score (nSPS) is 8.69. The van der Waals surface area contributed by atoms with Crippen LogP contribution in [0.25, 0.3) is 10.8 Å². The Bertz CT molecular complexity index is 379. The van der Waals surface area contributed by atoms with Crippen LogP contribution in [-0.4, -0.2) is 8.41 Å². The number of aryl methyl sites for hydroxylation is 1. The van der Waals surface area contributed by atoms with E-state index in [1.807, 2.05) is 0 Å². The van der Waals surface area contributed by atoms with Gasteiger partial charge in [0, 0.05) is 8.41 Å². The van der Waals surface area contributed by atoms with Crippen molar-refractivity contribution in [3.05, 3.63) is 48.0 Å². The first-order valence-electron chi connectivity index (χ1n) is 3.82. The minimum atomic E-state index is 0. The van der Waals surface area contributed by atoms with Crippen LogP contribution in [0.5, 0.6) is 0 Å². The van der Waals surface area contributed by atoms with Gasteiger partial charge < -0.3 is 0 Å². The third-order valence-corrected chi connectivity index (χ3v) is 2.01. The van der Waals surface area contributed by atoms with Gasteiger partial charge in [0.1, 0.15) is 0 Å². The minimum Gasteiger partial charge on any atom is -0.107 e. The molecule has 0 unspecified atom stereocenters. The van der Waals surface area contributed by atoms with Gasteiger partial charge in [-0.05, 0) is 23.3 Å². The van der Waals surface area contributed by atoms with E-state index in [-0.39, 0.29) is 32.4 Å². The fourth-order valence-electron chi connectivity index (χ4n) is 1.39. The average Bonchev–Trinajstić information content (AvgIpc) is 2.06. The maximum atomic E-state index is 2.16. The lowest BCUT2D eigenvalue weighted by molar-refractivity contribution is 1.53. The highest BCUT2D eigenvalue weighted by Crippen LogP contribution is 2.16. The molecule has 2 heteroatoms. The summed E-state index contributed by atoms with van der Waals surface area (Å²) in [7, 11) is 0. The van der Waals surface area contributed by atoms with Crippen LogP contribution in [0.4, 0.5) is 0 Å². The van der Waals surface area contributed by atoms with Crippen LogP contribution in [-0.2, 0) is 0 Å². The minimum absolute atomic E-state index is 0. The van der Waals surface area contributed by atoms with Crippen LogP contribution in [0, 0.1) is 6.92 Å². The predicted molar refractivity (Wildman–Crippen MR) is 69.9 cm³/mol. The summed E-state index contributed by atoms with van der Waals surface area (Å²) in [5, 5.41) is 2.68.